The molecule has 0 saturated heterocycles. The summed E-state index contributed by atoms with van der Waals surface area (Å²) >= 11 is 0. The average Bonchev–Trinajstić information content (AvgIpc) is 2.68. The van der Waals surface area contributed by atoms with E-state index in [9.17, 15) is 9.90 Å². The van der Waals surface area contributed by atoms with E-state index < -0.39 is 11.5 Å². The van der Waals surface area contributed by atoms with Gasteiger partial charge in [-0.25, -0.2) is 4.79 Å². The molecule has 0 aromatic carbocycles. The van der Waals surface area contributed by atoms with Crippen LogP contribution in [0.2, 0.25) is 0 Å². The second-order valence-corrected chi connectivity index (χ2v) is 5.48. The average molecular weight is 222 g/mol. The van der Waals surface area contributed by atoms with Crippen molar-refractivity contribution in [1.29, 1.82) is 0 Å². The minimum atomic E-state index is -0.842. The molecule has 16 heavy (non-hydrogen) atoms. The topological polar surface area (TPSA) is 55.1 Å². The maximum atomic E-state index is 11.6. The first-order valence-corrected chi connectivity index (χ1v) is 5.70. The van der Waals surface area contributed by atoms with Crippen molar-refractivity contribution in [1.82, 2.24) is 9.78 Å². The number of rotatable bonds is 2. The summed E-state index contributed by atoms with van der Waals surface area (Å²) < 4.78 is 1.62. The van der Waals surface area contributed by atoms with Crippen LogP contribution in [0.25, 0.3) is 0 Å². The minimum absolute atomic E-state index is 0.0720. The summed E-state index contributed by atoms with van der Waals surface area (Å²) in [6.07, 6.45) is 6.76. The Labute approximate surface area is 95.3 Å². The summed E-state index contributed by atoms with van der Waals surface area (Å²) in [5, 5.41) is 13.7. The molecule has 88 valence electrons. The maximum Gasteiger partial charge on any atom is 0.331 e. The summed E-state index contributed by atoms with van der Waals surface area (Å²) in [5.74, 6) is -0.760. The van der Waals surface area contributed by atoms with E-state index in [0.29, 0.717) is 12.8 Å². The molecule has 2 rings (SSSR count). The van der Waals surface area contributed by atoms with Crippen molar-refractivity contribution in [3.8, 4) is 0 Å². The molecular weight excluding hydrogens is 204 g/mol. The zero-order valence-electron chi connectivity index (χ0n) is 9.81. The Morgan fingerprint density at radius 1 is 1.44 bits per heavy atom. The maximum absolute atomic E-state index is 11.6. The van der Waals surface area contributed by atoms with Crippen LogP contribution >= 0.6 is 0 Å². The van der Waals surface area contributed by atoms with Crippen LogP contribution in [0.5, 0.6) is 0 Å². The number of hydrogen-bond acceptors (Lipinski definition) is 2. The Morgan fingerprint density at radius 2 is 2.19 bits per heavy atom. The van der Waals surface area contributed by atoms with E-state index in [4.69, 9.17) is 0 Å². The van der Waals surface area contributed by atoms with E-state index in [0.717, 1.165) is 12.8 Å². The Balaban J connectivity index is 2.40. The van der Waals surface area contributed by atoms with Gasteiger partial charge in [0.2, 0.25) is 0 Å². The van der Waals surface area contributed by atoms with Gasteiger partial charge in [0.15, 0.2) is 5.54 Å². The number of carbonyl (C=O) groups is 1. The van der Waals surface area contributed by atoms with E-state index in [2.05, 4.69) is 18.9 Å². The molecule has 1 aromatic rings. The van der Waals surface area contributed by atoms with E-state index in [1.165, 1.54) is 0 Å². The number of hydrogen-bond donors (Lipinski definition) is 1. The highest BCUT2D eigenvalue weighted by Crippen LogP contribution is 2.44. The van der Waals surface area contributed by atoms with Crippen LogP contribution in [-0.4, -0.2) is 20.9 Å². The zero-order valence-corrected chi connectivity index (χ0v) is 9.81. The molecule has 1 saturated carbocycles. The lowest BCUT2D eigenvalue weighted by Crippen LogP contribution is -2.48. The summed E-state index contributed by atoms with van der Waals surface area (Å²) in [4.78, 5) is 11.6. The summed E-state index contributed by atoms with van der Waals surface area (Å²) in [5.41, 5.74) is -0.770. The summed E-state index contributed by atoms with van der Waals surface area (Å²) in [7, 11) is 0. The Morgan fingerprint density at radius 3 is 2.69 bits per heavy atom. The van der Waals surface area contributed by atoms with Crippen molar-refractivity contribution in [2.24, 2.45) is 5.41 Å². The van der Waals surface area contributed by atoms with Gasteiger partial charge < -0.3 is 5.11 Å². The van der Waals surface area contributed by atoms with Crippen LogP contribution in [-0.2, 0) is 10.3 Å². The largest absolute Gasteiger partial charge is 0.479 e. The zero-order chi connectivity index (χ0) is 11.8. The number of nitrogens with zero attached hydrogens (tertiary/aromatic N) is 2. The van der Waals surface area contributed by atoms with Crippen molar-refractivity contribution in [3.63, 3.8) is 0 Å². The third-order valence-corrected chi connectivity index (χ3v) is 3.56. The molecule has 1 heterocycles. The first kappa shape index (κ1) is 11.2. The van der Waals surface area contributed by atoms with Crippen molar-refractivity contribution >= 4 is 5.97 Å². The van der Waals surface area contributed by atoms with Gasteiger partial charge in [-0.1, -0.05) is 13.8 Å². The smallest absolute Gasteiger partial charge is 0.331 e. The van der Waals surface area contributed by atoms with Crippen LogP contribution in [0.3, 0.4) is 0 Å². The Hall–Kier alpha value is -1.32. The predicted octanol–water partition coefficient (Wildman–Crippen LogP) is 2.26. The van der Waals surface area contributed by atoms with Crippen LogP contribution in [0.1, 0.15) is 39.5 Å². The second-order valence-electron chi connectivity index (χ2n) is 5.48. The fraction of sp³-hybridized carbons (Fsp3) is 0.667. The number of carboxylic acids is 1. The van der Waals surface area contributed by atoms with Crippen LogP contribution in [0.15, 0.2) is 18.5 Å². The van der Waals surface area contributed by atoms with Crippen LogP contribution in [0.4, 0.5) is 0 Å². The van der Waals surface area contributed by atoms with Crippen molar-refractivity contribution < 1.29 is 9.90 Å². The molecule has 1 aromatic heterocycles. The Kier molecular flexibility index (Phi) is 2.52. The van der Waals surface area contributed by atoms with E-state index >= 15 is 0 Å². The molecule has 4 heteroatoms. The normalized spacial score (nSPS) is 28.9. The molecular formula is C12H18N2O2. The highest BCUT2D eigenvalue weighted by Gasteiger charge is 2.47. The minimum Gasteiger partial charge on any atom is -0.479 e. The highest BCUT2D eigenvalue weighted by molar-refractivity contribution is 5.76. The number of aromatic nitrogens is 2. The van der Waals surface area contributed by atoms with Crippen molar-refractivity contribution in [3.05, 3.63) is 18.5 Å². The third kappa shape index (κ3) is 1.72. The molecule has 1 N–H and O–H groups in total. The standard InChI is InChI=1S/C12H18N2O2/c1-11(2)5-3-6-12(9-11,10(15)16)14-8-4-7-13-14/h4,7-8H,3,5-6,9H2,1-2H3,(H,15,16). The third-order valence-electron chi connectivity index (χ3n) is 3.56. The first-order chi connectivity index (χ1) is 7.46. The lowest BCUT2D eigenvalue weighted by molar-refractivity contribution is -0.152. The predicted molar refractivity (Wildman–Crippen MR) is 60.1 cm³/mol. The fourth-order valence-corrected chi connectivity index (χ4v) is 2.83. The van der Waals surface area contributed by atoms with Gasteiger partial charge in [0.05, 0.1) is 0 Å². The number of carboxylic acid groups (broad SMARTS) is 1. The molecule has 1 unspecified atom stereocenters. The van der Waals surface area contributed by atoms with Gasteiger partial charge in [-0.3, -0.25) is 4.68 Å². The molecule has 0 amide bonds. The molecule has 0 spiro atoms. The van der Waals surface area contributed by atoms with Gasteiger partial charge in [0.25, 0.3) is 0 Å². The van der Waals surface area contributed by atoms with Gasteiger partial charge in [-0.2, -0.15) is 5.10 Å². The van der Waals surface area contributed by atoms with Crippen LogP contribution < -0.4 is 0 Å². The lowest BCUT2D eigenvalue weighted by atomic mass is 9.68. The lowest BCUT2D eigenvalue weighted by Gasteiger charge is -2.42. The molecule has 0 radical (unpaired) electrons. The van der Waals surface area contributed by atoms with Gasteiger partial charge in [-0.05, 0) is 37.2 Å². The first-order valence-electron chi connectivity index (χ1n) is 5.70. The number of aliphatic carboxylic acids is 1. The quantitative estimate of drug-likeness (QED) is 0.835. The van der Waals surface area contributed by atoms with Gasteiger partial charge in [0, 0.05) is 12.4 Å². The summed E-state index contributed by atoms with van der Waals surface area (Å²) in [6, 6.07) is 1.78. The van der Waals surface area contributed by atoms with E-state index in [-0.39, 0.29) is 5.41 Å². The molecule has 1 aliphatic rings. The second kappa shape index (κ2) is 3.61. The van der Waals surface area contributed by atoms with Crippen LogP contribution in [0, 0.1) is 5.41 Å². The SMILES string of the molecule is CC1(C)CCCC(C(=O)O)(n2cccn2)C1. The van der Waals surface area contributed by atoms with Gasteiger partial charge in [0.1, 0.15) is 0 Å². The molecule has 1 aliphatic carbocycles. The van der Waals surface area contributed by atoms with E-state index in [1.807, 2.05) is 0 Å². The summed E-state index contributed by atoms with van der Waals surface area (Å²) in [6.45, 7) is 4.26. The van der Waals surface area contributed by atoms with Gasteiger partial charge in [-0.15, -0.1) is 0 Å². The van der Waals surface area contributed by atoms with Crippen molar-refractivity contribution in [2.75, 3.05) is 0 Å². The monoisotopic (exact) mass is 222 g/mol. The molecule has 1 fully saturated rings. The molecule has 0 aliphatic heterocycles. The Bertz CT molecular complexity index is 384. The molecule has 1 atom stereocenters. The fourth-order valence-electron chi connectivity index (χ4n) is 2.83. The molecule has 4 nitrogen and oxygen atoms in total. The molecule has 0 bridgehead atoms. The highest BCUT2D eigenvalue weighted by atomic mass is 16.4. The van der Waals surface area contributed by atoms with Crippen molar-refractivity contribution in [2.45, 2.75) is 45.1 Å². The van der Waals surface area contributed by atoms with E-state index in [1.54, 1.807) is 23.1 Å². The van der Waals surface area contributed by atoms with Gasteiger partial charge >= 0.3 is 5.97 Å².